The van der Waals surface area contributed by atoms with Crippen molar-refractivity contribution in [3.05, 3.63) is 29.1 Å². The molecule has 1 aliphatic carbocycles. The van der Waals surface area contributed by atoms with Gasteiger partial charge in [0.15, 0.2) is 0 Å². The van der Waals surface area contributed by atoms with Crippen LogP contribution in [-0.4, -0.2) is 29.3 Å². The predicted molar refractivity (Wildman–Crippen MR) is 67.7 cm³/mol. The molecular weight excluding hydrogens is 244 g/mol. The predicted octanol–water partition coefficient (Wildman–Crippen LogP) is 1.93. The summed E-state index contributed by atoms with van der Waals surface area (Å²) in [5.41, 5.74) is 3.40. The molecule has 98 valence electrons. The first-order valence-corrected chi connectivity index (χ1v) is 6.54. The van der Waals surface area contributed by atoms with Crippen LogP contribution >= 0.6 is 0 Å². The molecule has 0 amide bonds. The second-order valence-corrected chi connectivity index (χ2v) is 5.12. The van der Waals surface area contributed by atoms with Gasteiger partial charge in [-0.1, -0.05) is 0 Å². The van der Waals surface area contributed by atoms with E-state index in [4.69, 9.17) is 9.47 Å². The van der Waals surface area contributed by atoms with Crippen LogP contribution < -0.4 is 4.74 Å². The molecule has 3 heterocycles. The maximum absolute atomic E-state index is 12.0. The molecule has 1 aliphatic heterocycles. The lowest BCUT2D eigenvalue weighted by atomic mass is 10.1. The van der Waals surface area contributed by atoms with Gasteiger partial charge in [0.2, 0.25) is 0 Å². The number of rotatable bonds is 2. The van der Waals surface area contributed by atoms with Gasteiger partial charge in [-0.15, -0.1) is 0 Å². The summed E-state index contributed by atoms with van der Waals surface area (Å²) >= 11 is 0. The molecule has 5 nitrogen and oxygen atoms in total. The number of carbonyl (C=O) groups excluding carboxylic acids is 1. The van der Waals surface area contributed by atoms with Gasteiger partial charge in [-0.2, -0.15) is 5.10 Å². The highest BCUT2D eigenvalue weighted by atomic mass is 16.5. The van der Waals surface area contributed by atoms with Crippen LogP contribution in [0.3, 0.4) is 0 Å². The highest BCUT2D eigenvalue weighted by molar-refractivity contribution is 5.99. The van der Waals surface area contributed by atoms with E-state index in [-0.39, 0.29) is 5.97 Å². The number of aromatic nitrogens is 2. The molecule has 2 aromatic heterocycles. The number of carbonyl (C=O) groups is 1. The summed E-state index contributed by atoms with van der Waals surface area (Å²) in [6.07, 6.45) is 5.07. The lowest BCUT2D eigenvalue weighted by Crippen LogP contribution is -2.03. The average molecular weight is 258 g/mol. The van der Waals surface area contributed by atoms with E-state index in [0.717, 1.165) is 41.8 Å². The molecule has 5 heteroatoms. The van der Waals surface area contributed by atoms with Crippen molar-refractivity contribution in [2.24, 2.45) is 0 Å². The van der Waals surface area contributed by atoms with E-state index >= 15 is 0 Å². The van der Waals surface area contributed by atoms with Gasteiger partial charge in [-0.25, -0.2) is 9.31 Å². The number of methoxy groups -OCH3 is 1. The molecule has 0 saturated heterocycles. The lowest BCUT2D eigenvalue weighted by molar-refractivity contribution is 0.0601. The largest absolute Gasteiger partial charge is 0.493 e. The van der Waals surface area contributed by atoms with Gasteiger partial charge in [-0.3, -0.25) is 0 Å². The summed E-state index contributed by atoms with van der Waals surface area (Å²) in [7, 11) is 1.41. The summed E-state index contributed by atoms with van der Waals surface area (Å²) in [5.74, 6) is 0.958. The van der Waals surface area contributed by atoms with Crippen LogP contribution in [0.5, 0.6) is 5.75 Å². The van der Waals surface area contributed by atoms with Gasteiger partial charge in [0.1, 0.15) is 11.3 Å². The molecule has 0 atom stereocenters. The van der Waals surface area contributed by atoms with Gasteiger partial charge in [0.25, 0.3) is 0 Å². The van der Waals surface area contributed by atoms with Crippen molar-refractivity contribution in [2.75, 3.05) is 13.7 Å². The van der Waals surface area contributed by atoms with E-state index in [0.29, 0.717) is 18.1 Å². The average Bonchev–Trinajstić information content (AvgIpc) is 3.06. The lowest BCUT2D eigenvalue weighted by Gasteiger charge is -2.02. The zero-order valence-electron chi connectivity index (χ0n) is 10.7. The smallest absolute Gasteiger partial charge is 0.342 e. The third-order valence-electron chi connectivity index (χ3n) is 3.82. The van der Waals surface area contributed by atoms with E-state index in [9.17, 15) is 4.79 Å². The minimum absolute atomic E-state index is 0.310. The maximum atomic E-state index is 12.0. The highest BCUT2D eigenvalue weighted by Crippen LogP contribution is 2.42. The number of hydrogen-bond acceptors (Lipinski definition) is 4. The summed E-state index contributed by atoms with van der Waals surface area (Å²) in [6.45, 7) is 0.700. The van der Waals surface area contributed by atoms with Crippen LogP contribution in [0, 0.1) is 0 Å². The Balaban J connectivity index is 1.99. The maximum Gasteiger partial charge on any atom is 0.342 e. The van der Waals surface area contributed by atoms with Crippen molar-refractivity contribution >= 4 is 11.5 Å². The normalized spacial score (nSPS) is 17.3. The Morgan fingerprint density at radius 3 is 3.11 bits per heavy atom. The zero-order valence-corrected chi connectivity index (χ0v) is 10.7. The Bertz CT molecular complexity index is 686. The fraction of sp³-hybridized carbons (Fsp3) is 0.429. The van der Waals surface area contributed by atoms with Crippen molar-refractivity contribution in [1.29, 1.82) is 0 Å². The number of hydrogen-bond donors (Lipinski definition) is 0. The van der Waals surface area contributed by atoms with E-state index in [1.54, 1.807) is 4.52 Å². The van der Waals surface area contributed by atoms with Crippen molar-refractivity contribution in [2.45, 2.75) is 25.2 Å². The third kappa shape index (κ3) is 1.54. The molecule has 0 unspecified atom stereocenters. The van der Waals surface area contributed by atoms with E-state index in [1.807, 2.05) is 12.3 Å². The molecule has 0 N–H and O–H groups in total. The molecule has 2 aliphatic rings. The van der Waals surface area contributed by atoms with Gasteiger partial charge < -0.3 is 9.47 Å². The Kier molecular flexibility index (Phi) is 2.13. The standard InChI is InChI=1S/C14H14N2O3/c1-18-14(17)12-10-6-11-9(4-5-19-11)7-16(10)15-13(12)8-2-3-8/h6-8H,2-5H2,1H3. The topological polar surface area (TPSA) is 52.8 Å². The molecule has 0 radical (unpaired) electrons. The monoisotopic (exact) mass is 258 g/mol. The van der Waals surface area contributed by atoms with E-state index < -0.39 is 0 Å². The van der Waals surface area contributed by atoms with Crippen LogP contribution in [0.4, 0.5) is 0 Å². The third-order valence-corrected chi connectivity index (χ3v) is 3.82. The molecule has 0 spiro atoms. The zero-order chi connectivity index (χ0) is 13.0. The Morgan fingerprint density at radius 1 is 1.53 bits per heavy atom. The number of esters is 1. The quantitative estimate of drug-likeness (QED) is 0.772. The molecule has 1 fully saturated rings. The summed E-state index contributed by atoms with van der Waals surface area (Å²) in [6, 6.07) is 1.91. The Morgan fingerprint density at radius 2 is 2.37 bits per heavy atom. The highest BCUT2D eigenvalue weighted by Gasteiger charge is 2.33. The van der Waals surface area contributed by atoms with E-state index in [1.165, 1.54) is 7.11 Å². The van der Waals surface area contributed by atoms with Gasteiger partial charge >= 0.3 is 5.97 Å². The number of pyridine rings is 1. The Hall–Kier alpha value is -2.04. The van der Waals surface area contributed by atoms with E-state index in [2.05, 4.69) is 5.10 Å². The minimum Gasteiger partial charge on any atom is -0.493 e. The first kappa shape index (κ1) is 10.8. The Labute approximate surface area is 110 Å². The van der Waals surface area contributed by atoms with Crippen molar-refractivity contribution in [1.82, 2.24) is 9.61 Å². The van der Waals surface area contributed by atoms with Crippen molar-refractivity contribution in [3.8, 4) is 5.75 Å². The molecular formula is C14H14N2O3. The van der Waals surface area contributed by atoms with Crippen LogP contribution in [0.15, 0.2) is 12.3 Å². The first-order chi connectivity index (χ1) is 9.28. The van der Waals surface area contributed by atoms with Gasteiger partial charge in [0.05, 0.1) is 24.9 Å². The number of ether oxygens (including phenoxy) is 2. The first-order valence-electron chi connectivity index (χ1n) is 6.54. The van der Waals surface area contributed by atoms with Gasteiger partial charge in [-0.05, 0) is 12.8 Å². The molecule has 2 aromatic rings. The number of fused-ring (bicyclic) bond motifs is 2. The fourth-order valence-electron chi connectivity index (χ4n) is 2.68. The van der Waals surface area contributed by atoms with Crippen molar-refractivity contribution < 1.29 is 14.3 Å². The van der Waals surface area contributed by atoms with Crippen LogP contribution in [0.1, 0.15) is 40.4 Å². The van der Waals surface area contributed by atoms with Crippen LogP contribution in [0.2, 0.25) is 0 Å². The molecule has 4 rings (SSSR count). The minimum atomic E-state index is -0.310. The fourth-order valence-corrected chi connectivity index (χ4v) is 2.68. The van der Waals surface area contributed by atoms with Gasteiger partial charge in [0, 0.05) is 30.2 Å². The molecule has 0 bridgehead atoms. The molecule has 1 saturated carbocycles. The second kappa shape index (κ2) is 3.73. The number of nitrogens with zero attached hydrogens (tertiary/aromatic N) is 2. The molecule has 19 heavy (non-hydrogen) atoms. The van der Waals surface area contributed by atoms with Crippen LogP contribution in [-0.2, 0) is 11.2 Å². The second-order valence-electron chi connectivity index (χ2n) is 5.12. The molecule has 0 aromatic carbocycles. The summed E-state index contributed by atoms with van der Waals surface area (Å²) in [4.78, 5) is 12.0. The van der Waals surface area contributed by atoms with Crippen LogP contribution in [0.25, 0.3) is 5.52 Å². The summed E-state index contributed by atoms with van der Waals surface area (Å²) in [5, 5.41) is 4.58. The SMILES string of the molecule is COC(=O)c1c(C2CC2)nn2cc3c(cc12)OCC3. The van der Waals surface area contributed by atoms with Crippen molar-refractivity contribution in [3.63, 3.8) is 0 Å². The summed E-state index contributed by atoms with van der Waals surface area (Å²) < 4.78 is 12.3.